The van der Waals surface area contributed by atoms with E-state index >= 15 is 0 Å². The van der Waals surface area contributed by atoms with Gasteiger partial charge in [-0.1, -0.05) is 30.3 Å². The highest BCUT2D eigenvalue weighted by molar-refractivity contribution is 7.89. The van der Waals surface area contributed by atoms with Crippen LogP contribution in [0, 0.1) is 0 Å². The third-order valence-corrected chi connectivity index (χ3v) is 6.82. The molecule has 0 spiro atoms. The van der Waals surface area contributed by atoms with E-state index in [-0.39, 0.29) is 17.3 Å². The average Bonchev–Trinajstić information content (AvgIpc) is 2.83. The van der Waals surface area contributed by atoms with Crippen LogP contribution in [0.1, 0.15) is 21.5 Å². The molecule has 3 aromatic carbocycles. The lowest BCUT2D eigenvalue weighted by atomic mass is 10.1. The van der Waals surface area contributed by atoms with E-state index in [0.29, 0.717) is 23.4 Å². The number of nitrogens with zero attached hydrogens (tertiary/aromatic N) is 1. The van der Waals surface area contributed by atoms with Crippen molar-refractivity contribution >= 4 is 15.9 Å². The highest BCUT2D eigenvalue weighted by Gasteiger charge is 2.22. The van der Waals surface area contributed by atoms with Crippen molar-refractivity contribution < 1.29 is 22.7 Å². The number of carbonyl (C=O) groups excluding carboxylic acids is 1. The molecule has 0 atom stereocenters. The van der Waals surface area contributed by atoms with E-state index in [1.165, 1.54) is 18.5 Å². The van der Waals surface area contributed by atoms with Crippen LogP contribution >= 0.6 is 0 Å². The molecule has 0 aliphatic heterocycles. The molecule has 1 N–H and O–H groups in total. The van der Waals surface area contributed by atoms with E-state index in [9.17, 15) is 13.2 Å². The first kappa shape index (κ1) is 23.3. The van der Waals surface area contributed by atoms with Crippen LogP contribution in [0.3, 0.4) is 0 Å². The van der Waals surface area contributed by atoms with Gasteiger partial charge in [-0.25, -0.2) is 8.42 Å². The Morgan fingerprint density at radius 3 is 2.25 bits per heavy atom. The van der Waals surface area contributed by atoms with Crippen LogP contribution in [-0.2, 0) is 23.1 Å². The quantitative estimate of drug-likeness (QED) is 0.535. The predicted octanol–water partition coefficient (Wildman–Crippen LogP) is 3.45. The van der Waals surface area contributed by atoms with E-state index in [1.807, 2.05) is 24.3 Å². The van der Waals surface area contributed by atoms with Gasteiger partial charge in [0.05, 0.1) is 19.1 Å². The molecule has 3 aromatic rings. The zero-order valence-electron chi connectivity index (χ0n) is 18.2. The minimum Gasteiger partial charge on any atom is -0.497 e. The molecule has 32 heavy (non-hydrogen) atoms. The van der Waals surface area contributed by atoms with Gasteiger partial charge >= 0.3 is 0 Å². The van der Waals surface area contributed by atoms with Crippen molar-refractivity contribution in [2.45, 2.75) is 18.0 Å². The van der Waals surface area contributed by atoms with Crippen molar-refractivity contribution in [1.82, 2.24) is 9.62 Å². The van der Waals surface area contributed by atoms with Gasteiger partial charge in [-0.05, 0) is 48.0 Å². The van der Waals surface area contributed by atoms with Gasteiger partial charge < -0.3 is 14.8 Å². The molecule has 0 aromatic heterocycles. The van der Waals surface area contributed by atoms with Crippen LogP contribution in [0.25, 0.3) is 0 Å². The number of hydrogen-bond acceptors (Lipinski definition) is 5. The van der Waals surface area contributed by atoms with E-state index < -0.39 is 10.0 Å². The second kappa shape index (κ2) is 10.3. The van der Waals surface area contributed by atoms with Crippen LogP contribution in [-0.4, -0.2) is 39.9 Å². The largest absolute Gasteiger partial charge is 0.497 e. The van der Waals surface area contributed by atoms with Crippen molar-refractivity contribution in [3.8, 4) is 11.5 Å². The Kier molecular flexibility index (Phi) is 7.50. The van der Waals surface area contributed by atoms with Crippen LogP contribution < -0.4 is 14.8 Å². The van der Waals surface area contributed by atoms with Crippen molar-refractivity contribution in [2.24, 2.45) is 0 Å². The van der Waals surface area contributed by atoms with E-state index in [4.69, 9.17) is 9.47 Å². The summed E-state index contributed by atoms with van der Waals surface area (Å²) in [6, 6.07) is 20.6. The molecular formula is C24H26N2O5S. The summed E-state index contributed by atoms with van der Waals surface area (Å²) in [6.07, 6.45) is 0. The van der Waals surface area contributed by atoms with Gasteiger partial charge in [-0.15, -0.1) is 0 Å². The normalized spacial score (nSPS) is 11.2. The molecule has 0 aliphatic rings. The molecule has 1 amide bonds. The summed E-state index contributed by atoms with van der Waals surface area (Å²) >= 11 is 0. The van der Waals surface area contributed by atoms with Crippen molar-refractivity contribution in [1.29, 1.82) is 0 Å². The summed E-state index contributed by atoms with van der Waals surface area (Å²) in [7, 11) is 0.924. The second-order valence-corrected chi connectivity index (χ2v) is 9.18. The number of amides is 1. The minimum absolute atomic E-state index is 0.0556. The molecule has 0 saturated heterocycles. The third-order valence-electron chi connectivity index (χ3n) is 5.00. The number of benzene rings is 3. The fourth-order valence-corrected chi connectivity index (χ4v) is 4.34. The highest BCUT2D eigenvalue weighted by atomic mass is 32.2. The van der Waals surface area contributed by atoms with Gasteiger partial charge in [-0.3, -0.25) is 4.79 Å². The zero-order chi connectivity index (χ0) is 23.1. The maximum atomic E-state index is 12.9. The number of nitrogens with one attached hydrogen (secondary N) is 1. The molecule has 0 unspecified atom stereocenters. The summed E-state index contributed by atoms with van der Waals surface area (Å²) in [6.45, 7) is 0.409. The molecule has 3 rings (SSSR count). The lowest BCUT2D eigenvalue weighted by molar-refractivity contribution is 0.0950. The minimum atomic E-state index is -3.68. The Morgan fingerprint density at radius 2 is 1.62 bits per heavy atom. The number of sulfonamides is 1. The molecule has 7 nitrogen and oxygen atoms in total. The van der Waals surface area contributed by atoms with E-state index in [0.717, 1.165) is 11.3 Å². The Labute approximate surface area is 188 Å². The monoisotopic (exact) mass is 454 g/mol. The lowest BCUT2D eigenvalue weighted by Gasteiger charge is -2.19. The maximum absolute atomic E-state index is 12.9. The SMILES string of the molecule is COc1ccc(CNC(=O)c2ccc(OC)c(CN(C)S(=O)(=O)c3ccccc3)c2)cc1. The van der Waals surface area contributed by atoms with Crippen LogP contribution in [0.5, 0.6) is 11.5 Å². The van der Waals surface area contributed by atoms with Crippen molar-refractivity contribution in [2.75, 3.05) is 21.3 Å². The number of methoxy groups -OCH3 is 2. The van der Waals surface area contributed by atoms with Crippen LogP contribution in [0.2, 0.25) is 0 Å². The van der Waals surface area contributed by atoms with Crippen LogP contribution in [0.4, 0.5) is 0 Å². The Balaban J connectivity index is 1.75. The first-order valence-electron chi connectivity index (χ1n) is 9.94. The predicted molar refractivity (Wildman–Crippen MR) is 122 cm³/mol. The van der Waals surface area contributed by atoms with E-state index in [1.54, 1.807) is 55.6 Å². The van der Waals surface area contributed by atoms with E-state index in [2.05, 4.69) is 5.32 Å². The third kappa shape index (κ3) is 5.46. The van der Waals surface area contributed by atoms with Gasteiger partial charge in [0.1, 0.15) is 11.5 Å². The zero-order valence-corrected chi connectivity index (χ0v) is 19.1. The molecule has 0 saturated carbocycles. The van der Waals surface area contributed by atoms with Crippen molar-refractivity contribution in [3.05, 3.63) is 89.5 Å². The van der Waals surface area contributed by atoms with Gasteiger partial charge in [0, 0.05) is 31.3 Å². The lowest BCUT2D eigenvalue weighted by Crippen LogP contribution is -2.27. The van der Waals surface area contributed by atoms with Crippen molar-refractivity contribution in [3.63, 3.8) is 0 Å². The molecule has 0 fully saturated rings. The summed E-state index contributed by atoms with van der Waals surface area (Å²) in [5, 5.41) is 2.87. The molecule has 0 heterocycles. The first-order valence-corrected chi connectivity index (χ1v) is 11.4. The molecule has 0 radical (unpaired) electrons. The second-order valence-electron chi connectivity index (χ2n) is 7.13. The van der Waals surface area contributed by atoms with Gasteiger partial charge in [-0.2, -0.15) is 4.31 Å². The topological polar surface area (TPSA) is 84.9 Å². The number of rotatable bonds is 9. The molecular weight excluding hydrogens is 428 g/mol. The summed E-state index contributed by atoms with van der Waals surface area (Å²) in [5.41, 5.74) is 1.94. The average molecular weight is 455 g/mol. The fourth-order valence-electron chi connectivity index (χ4n) is 3.17. The Morgan fingerprint density at radius 1 is 0.938 bits per heavy atom. The number of ether oxygens (including phenoxy) is 2. The number of carbonyl (C=O) groups is 1. The van der Waals surface area contributed by atoms with Gasteiger partial charge in [0.15, 0.2) is 0 Å². The standard InChI is InChI=1S/C24H26N2O5S/c1-26(32(28,29)22-7-5-4-6-8-22)17-20-15-19(11-14-23(20)31-3)24(27)25-16-18-9-12-21(30-2)13-10-18/h4-15H,16-17H2,1-3H3,(H,25,27). The molecule has 8 heteroatoms. The van der Waals surface area contributed by atoms with Gasteiger partial charge in [0.2, 0.25) is 10.0 Å². The summed E-state index contributed by atoms with van der Waals surface area (Å²) < 4.78 is 37.5. The van der Waals surface area contributed by atoms with Gasteiger partial charge in [0.25, 0.3) is 5.91 Å². The summed E-state index contributed by atoms with van der Waals surface area (Å²) in [4.78, 5) is 12.9. The number of hydrogen-bond donors (Lipinski definition) is 1. The van der Waals surface area contributed by atoms with Crippen LogP contribution in [0.15, 0.2) is 77.7 Å². The Hall–Kier alpha value is -3.36. The Bertz CT molecular complexity index is 1160. The first-order chi connectivity index (χ1) is 15.3. The summed E-state index contributed by atoms with van der Waals surface area (Å²) in [5.74, 6) is 0.986. The highest BCUT2D eigenvalue weighted by Crippen LogP contribution is 2.24. The smallest absolute Gasteiger partial charge is 0.251 e. The fraction of sp³-hybridized carbons (Fsp3) is 0.208. The molecule has 0 bridgehead atoms. The molecule has 0 aliphatic carbocycles. The molecule has 168 valence electrons. The maximum Gasteiger partial charge on any atom is 0.251 e.